The standard InChI is InChI=1S/C12H15N3O3/c1-4-15(2)12-13-11(18-14-12)8-5-6-10(17-3)9(16)7-8/h5-7,16H,4H2,1-3H3. The van der Waals surface area contributed by atoms with E-state index >= 15 is 0 Å². The number of aromatic nitrogens is 2. The Morgan fingerprint density at radius 1 is 1.44 bits per heavy atom. The van der Waals surface area contributed by atoms with Crippen LogP contribution in [-0.4, -0.2) is 35.9 Å². The lowest BCUT2D eigenvalue weighted by Crippen LogP contribution is -2.16. The van der Waals surface area contributed by atoms with Gasteiger partial charge in [0.1, 0.15) is 0 Å². The first kappa shape index (κ1) is 12.2. The Morgan fingerprint density at radius 3 is 2.83 bits per heavy atom. The lowest BCUT2D eigenvalue weighted by molar-refractivity contribution is 0.373. The number of ether oxygens (including phenoxy) is 1. The summed E-state index contributed by atoms with van der Waals surface area (Å²) in [5.41, 5.74) is 0.650. The largest absolute Gasteiger partial charge is 0.504 e. The van der Waals surface area contributed by atoms with Crippen LogP contribution in [0, 0.1) is 0 Å². The Hall–Kier alpha value is -2.24. The van der Waals surface area contributed by atoms with Gasteiger partial charge in [-0.25, -0.2) is 0 Å². The van der Waals surface area contributed by atoms with E-state index in [9.17, 15) is 5.11 Å². The third kappa shape index (κ3) is 2.22. The van der Waals surface area contributed by atoms with E-state index < -0.39 is 0 Å². The summed E-state index contributed by atoms with van der Waals surface area (Å²) in [5.74, 6) is 1.33. The molecule has 0 unspecified atom stereocenters. The summed E-state index contributed by atoms with van der Waals surface area (Å²) in [5, 5.41) is 13.6. The number of phenols is 1. The molecule has 0 aliphatic carbocycles. The van der Waals surface area contributed by atoms with Gasteiger partial charge in [0.15, 0.2) is 11.5 Å². The molecule has 96 valence electrons. The zero-order chi connectivity index (χ0) is 13.1. The predicted octanol–water partition coefficient (Wildman–Crippen LogP) is 1.91. The highest BCUT2D eigenvalue weighted by Gasteiger charge is 2.13. The molecule has 6 heteroatoms. The van der Waals surface area contributed by atoms with E-state index in [1.807, 2.05) is 18.9 Å². The van der Waals surface area contributed by atoms with Crippen molar-refractivity contribution in [3.05, 3.63) is 18.2 Å². The molecule has 0 saturated carbocycles. The minimum Gasteiger partial charge on any atom is -0.504 e. The summed E-state index contributed by atoms with van der Waals surface area (Å²) in [6, 6.07) is 4.93. The Kier molecular flexibility index (Phi) is 3.36. The number of hydrogen-bond acceptors (Lipinski definition) is 6. The molecule has 1 aromatic carbocycles. The molecule has 0 fully saturated rings. The minimum atomic E-state index is 0.0404. The van der Waals surface area contributed by atoms with Crippen molar-refractivity contribution in [1.29, 1.82) is 0 Å². The first-order chi connectivity index (χ1) is 8.65. The van der Waals surface area contributed by atoms with Crippen molar-refractivity contribution in [1.82, 2.24) is 10.1 Å². The molecule has 1 N–H and O–H groups in total. The van der Waals surface area contributed by atoms with Gasteiger partial charge < -0.3 is 19.3 Å². The van der Waals surface area contributed by atoms with E-state index in [0.29, 0.717) is 23.2 Å². The van der Waals surface area contributed by atoms with Crippen LogP contribution in [0.5, 0.6) is 11.5 Å². The van der Waals surface area contributed by atoms with Crippen LogP contribution >= 0.6 is 0 Å². The predicted molar refractivity (Wildman–Crippen MR) is 66.9 cm³/mol. The zero-order valence-corrected chi connectivity index (χ0v) is 10.5. The van der Waals surface area contributed by atoms with Crippen molar-refractivity contribution in [2.45, 2.75) is 6.92 Å². The van der Waals surface area contributed by atoms with Gasteiger partial charge in [-0.2, -0.15) is 4.98 Å². The van der Waals surface area contributed by atoms with Gasteiger partial charge >= 0.3 is 0 Å². The number of benzene rings is 1. The SMILES string of the molecule is CCN(C)c1noc(-c2ccc(OC)c(O)c2)n1. The molecule has 0 aliphatic heterocycles. The van der Waals surface area contributed by atoms with Crippen LogP contribution in [0.1, 0.15) is 6.92 Å². The number of nitrogens with zero attached hydrogens (tertiary/aromatic N) is 3. The molecule has 0 bridgehead atoms. The fourth-order valence-electron chi connectivity index (χ4n) is 1.45. The van der Waals surface area contributed by atoms with E-state index in [4.69, 9.17) is 9.26 Å². The molecule has 0 radical (unpaired) electrons. The smallest absolute Gasteiger partial charge is 0.266 e. The second-order valence-electron chi connectivity index (χ2n) is 3.80. The third-order valence-corrected chi connectivity index (χ3v) is 2.66. The molecule has 0 aliphatic rings. The molecule has 2 aromatic rings. The lowest BCUT2D eigenvalue weighted by Gasteiger charge is -2.08. The molecule has 0 saturated heterocycles. The Bertz CT molecular complexity index is 539. The summed E-state index contributed by atoms with van der Waals surface area (Å²) in [6.45, 7) is 2.78. The molecule has 0 spiro atoms. The molecule has 1 aromatic heterocycles. The fraction of sp³-hybridized carbons (Fsp3) is 0.333. The van der Waals surface area contributed by atoms with Crippen molar-refractivity contribution in [3.63, 3.8) is 0 Å². The van der Waals surface area contributed by atoms with E-state index in [-0.39, 0.29) is 5.75 Å². The van der Waals surface area contributed by atoms with Crippen LogP contribution in [-0.2, 0) is 0 Å². The van der Waals surface area contributed by atoms with Gasteiger partial charge in [0.25, 0.3) is 11.8 Å². The van der Waals surface area contributed by atoms with Crippen molar-refractivity contribution < 1.29 is 14.4 Å². The third-order valence-electron chi connectivity index (χ3n) is 2.66. The Morgan fingerprint density at radius 2 is 2.22 bits per heavy atom. The van der Waals surface area contributed by atoms with Crippen LogP contribution in [0.2, 0.25) is 0 Å². The number of rotatable bonds is 4. The Balaban J connectivity index is 2.31. The number of aromatic hydroxyl groups is 1. The highest BCUT2D eigenvalue weighted by molar-refractivity contribution is 5.60. The van der Waals surface area contributed by atoms with Gasteiger partial charge in [0.2, 0.25) is 0 Å². The quantitative estimate of drug-likeness (QED) is 0.892. The highest BCUT2D eigenvalue weighted by atomic mass is 16.5. The number of methoxy groups -OCH3 is 1. The van der Waals surface area contributed by atoms with Crippen LogP contribution in [0.15, 0.2) is 22.7 Å². The van der Waals surface area contributed by atoms with Crippen LogP contribution in [0.3, 0.4) is 0 Å². The summed E-state index contributed by atoms with van der Waals surface area (Å²) < 4.78 is 10.1. The maximum Gasteiger partial charge on any atom is 0.266 e. The molecule has 1 heterocycles. The topological polar surface area (TPSA) is 71.6 Å². The summed E-state index contributed by atoms with van der Waals surface area (Å²) in [7, 11) is 3.37. The van der Waals surface area contributed by atoms with Gasteiger partial charge in [-0.05, 0) is 30.3 Å². The molecule has 6 nitrogen and oxygen atoms in total. The highest BCUT2D eigenvalue weighted by Crippen LogP contribution is 2.31. The molecular formula is C12H15N3O3. The average Bonchev–Trinajstić information content (AvgIpc) is 2.87. The van der Waals surface area contributed by atoms with E-state index in [1.165, 1.54) is 13.2 Å². The maximum absolute atomic E-state index is 9.69. The molecular weight excluding hydrogens is 234 g/mol. The summed E-state index contributed by atoms with van der Waals surface area (Å²) >= 11 is 0. The monoisotopic (exact) mass is 249 g/mol. The van der Waals surface area contributed by atoms with Crippen molar-refractivity contribution in [3.8, 4) is 23.0 Å². The Labute approximate surface area is 105 Å². The average molecular weight is 249 g/mol. The van der Waals surface area contributed by atoms with Crippen LogP contribution in [0.25, 0.3) is 11.5 Å². The zero-order valence-electron chi connectivity index (χ0n) is 10.5. The van der Waals surface area contributed by atoms with Gasteiger partial charge in [-0.1, -0.05) is 0 Å². The first-order valence-corrected chi connectivity index (χ1v) is 5.58. The normalized spacial score (nSPS) is 10.4. The van der Waals surface area contributed by atoms with E-state index in [0.717, 1.165) is 6.54 Å². The van der Waals surface area contributed by atoms with Crippen LogP contribution < -0.4 is 9.64 Å². The van der Waals surface area contributed by atoms with Crippen molar-refractivity contribution in [2.75, 3.05) is 25.6 Å². The molecule has 0 atom stereocenters. The van der Waals surface area contributed by atoms with Gasteiger partial charge in [0, 0.05) is 19.2 Å². The first-order valence-electron chi connectivity index (χ1n) is 5.58. The molecule has 18 heavy (non-hydrogen) atoms. The van der Waals surface area contributed by atoms with Crippen molar-refractivity contribution in [2.24, 2.45) is 0 Å². The van der Waals surface area contributed by atoms with Crippen LogP contribution in [0.4, 0.5) is 5.95 Å². The van der Waals surface area contributed by atoms with E-state index in [1.54, 1.807) is 12.1 Å². The number of phenolic OH excluding ortho intramolecular Hbond substituents is 1. The van der Waals surface area contributed by atoms with Gasteiger partial charge in [0.05, 0.1) is 7.11 Å². The van der Waals surface area contributed by atoms with Crippen molar-refractivity contribution >= 4 is 5.95 Å². The second-order valence-corrected chi connectivity index (χ2v) is 3.80. The number of anilines is 1. The second kappa shape index (κ2) is 4.95. The fourth-order valence-corrected chi connectivity index (χ4v) is 1.45. The van der Waals surface area contributed by atoms with Gasteiger partial charge in [-0.3, -0.25) is 0 Å². The number of hydrogen-bond donors (Lipinski definition) is 1. The molecule has 2 rings (SSSR count). The maximum atomic E-state index is 9.69. The van der Waals surface area contributed by atoms with E-state index in [2.05, 4.69) is 10.1 Å². The summed E-state index contributed by atoms with van der Waals surface area (Å²) in [4.78, 5) is 6.10. The lowest BCUT2D eigenvalue weighted by atomic mass is 10.2. The molecule has 0 amide bonds. The minimum absolute atomic E-state index is 0.0404. The van der Waals surface area contributed by atoms with Gasteiger partial charge in [-0.15, -0.1) is 0 Å². The summed E-state index contributed by atoms with van der Waals surface area (Å²) in [6.07, 6.45) is 0.